The molecular formula is C16H30N2O3. The predicted molar refractivity (Wildman–Crippen MR) is 84.5 cm³/mol. The van der Waals surface area contributed by atoms with Gasteiger partial charge in [-0.2, -0.15) is 0 Å². The van der Waals surface area contributed by atoms with Crippen molar-refractivity contribution in [2.45, 2.75) is 77.4 Å². The fraction of sp³-hybridized carbons (Fsp3) is 0.875. The van der Waals surface area contributed by atoms with Gasteiger partial charge in [0, 0.05) is 6.42 Å². The van der Waals surface area contributed by atoms with Crippen LogP contribution >= 0.6 is 0 Å². The van der Waals surface area contributed by atoms with E-state index in [2.05, 4.69) is 11.9 Å². The molecule has 0 spiro atoms. The summed E-state index contributed by atoms with van der Waals surface area (Å²) < 4.78 is 0. The molecule has 0 amide bonds. The monoisotopic (exact) mass is 298 g/mol. The van der Waals surface area contributed by atoms with E-state index in [0.29, 0.717) is 6.54 Å². The quantitative estimate of drug-likeness (QED) is 0.543. The molecule has 0 radical (unpaired) electrons. The van der Waals surface area contributed by atoms with E-state index in [1.165, 1.54) is 44.9 Å². The third-order valence-electron chi connectivity index (χ3n) is 3.88. The Morgan fingerprint density at radius 2 is 1.71 bits per heavy atom. The summed E-state index contributed by atoms with van der Waals surface area (Å²) >= 11 is 0. The van der Waals surface area contributed by atoms with Gasteiger partial charge >= 0.3 is 5.97 Å². The molecule has 1 unspecified atom stereocenters. The first kappa shape index (κ1) is 18.0. The van der Waals surface area contributed by atoms with Crippen LogP contribution in [0.2, 0.25) is 0 Å². The summed E-state index contributed by atoms with van der Waals surface area (Å²) in [5.41, 5.74) is 0. The number of amidine groups is 1. The highest BCUT2D eigenvalue weighted by atomic mass is 16.4. The van der Waals surface area contributed by atoms with Crippen LogP contribution in [0.5, 0.6) is 0 Å². The maximum atomic E-state index is 10.8. The summed E-state index contributed by atoms with van der Waals surface area (Å²) in [6.45, 7) is 2.49. The molecule has 0 bridgehead atoms. The molecule has 1 aliphatic rings. The standard InChI is InChI=1S/C16H30N2O3/c1-2-3-4-5-6-7-8-9-10-11-14-17-15(19)12-18(14)13-16(20)21/h15,19H,2-13H2,1H3,(H,20,21). The van der Waals surface area contributed by atoms with Gasteiger partial charge in [0.1, 0.15) is 12.4 Å². The van der Waals surface area contributed by atoms with E-state index in [4.69, 9.17) is 5.11 Å². The fourth-order valence-corrected chi connectivity index (χ4v) is 2.73. The largest absolute Gasteiger partial charge is 0.480 e. The van der Waals surface area contributed by atoms with Crippen molar-refractivity contribution in [3.8, 4) is 0 Å². The SMILES string of the molecule is CCCCCCCCCCCC1=NC(O)CN1CC(=O)O. The van der Waals surface area contributed by atoms with Crippen molar-refractivity contribution in [2.24, 2.45) is 4.99 Å². The van der Waals surface area contributed by atoms with E-state index in [-0.39, 0.29) is 6.54 Å². The van der Waals surface area contributed by atoms with Crippen LogP contribution in [0.4, 0.5) is 0 Å². The highest BCUT2D eigenvalue weighted by Gasteiger charge is 2.24. The molecule has 21 heavy (non-hydrogen) atoms. The summed E-state index contributed by atoms with van der Waals surface area (Å²) in [5.74, 6) is -0.114. The normalized spacial score (nSPS) is 18.1. The zero-order valence-electron chi connectivity index (χ0n) is 13.3. The van der Waals surface area contributed by atoms with Crippen LogP contribution in [0.25, 0.3) is 0 Å². The summed E-state index contributed by atoms with van der Waals surface area (Å²) in [7, 11) is 0. The Bertz CT molecular complexity index is 331. The van der Waals surface area contributed by atoms with Crippen molar-refractivity contribution in [1.82, 2.24) is 4.90 Å². The van der Waals surface area contributed by atoms with Gasteiger partial charge < -0.3 is 15.1 Å². The lowest BCUT2D eigenvalue weighted by molar-refractivity contribution is -0.137. The maximum Gasteiger partial charge on any atom is 0.323 e. The highest BCUT2D eigenvalue weighted by molar-refractivity contribution is 5.87. The molecule has 0 aromatic rings. The van der Waals surface area contributed by atoms with Crippen LogP contribution in [0.3, 0.4) is 0 Å². The van der Waals surface area contributed by atoms with Crippen LogP contribution in [0.15, 0.2) is 4.99 Å². The number of unbranched alkanes of at least 4 members (excludes halogenated alkanes) is 8. The van der Waals surface area contributed by atoms with Gasteiger partial charge in [-0.25, -0.2) is 4.99 Å². The highest BCUT2D eigenvalue weighted by Crippen LogP contribution is 2.15. The van der Waals surface area contributed by atoms with Crippen LogP contribution in [0, 0.1) is 0 Å². The smallest absolute Gasteiger partial charge is 0.323 e. The van der Waals surface area contributed by atoms with E-state index in [1.54, 1.807) is 4.90 Å². The van der Waals surface area contributed by atoms with Gasteiger partial charge in [-0.3, -0.25) is 4.79 Å². The summed E-state index contributed by atoms with van der Waals surface area (Å²) in [4.78, 5) is 16.6. The molecule has 1 aliphatic heterocycles. The molecule has 2 N–H and O–H groups in total. The Morgan fingerprint density at radius 1 is 1.14 bits per heavy atom. The van der Waals surface area contributed by atoms with Gasteiger partial charge in [0.05, 0.1) is 6.54 Å². The van der Waals surface area contributed by atoms with Gasteiger partial charge in [-0.15, -0.1) is 0 Å². The Labute approximate surface area is 128 Å². The van der Waals surface area contributed by atoms with E-state index >= 15 is 0 Å². The lowest BCUT2D eigenvalue weighted by Gasteiger charge is -2.17. The molecule has 0 saturated carbocycles. The van der Waals surface area contributed by atoms with Crippen LogP contribution in [-0.2, 0) is 4.79 Å². The van der Waals surface area contributed by atoms with Crippen LogP contribution < -0.4 is 0 Å². The molecule has 0 fully saturated rings. The minimum absolute atomic E-state index is 0.0622. The minimum Gasteiger partial charge on any atom is -0.480 e. The van der Waals surface area contributed by atoms with E-state index in [0.717, 1.165) is 25.1 Å². The number of carboxylic acids is 1. The molecule has 1 rings (SSSR count). The van der Waals surface area contributed by atoms with Crippen molar-refractivity contribution >= 4 is 11.8 Å². The molecule has 0 aromatic heterocycles. The Kier molecular flexibility index (Phi) is 9.06. The molecule has 0 saturated heterocycles. The molecule has 0 aromatic carbocycles. The van der Waals surface area contributed by atoms with Crippen molar-refractivity contribution < 1.29 is 15.0 Å². The summed E-state index contributed by atoms with van der Waals surface area (Å²) in [5, 5.41) is 18.3. The number of aliphatic hydroxyl groups excluding tert-OH is 1. The fourth-order valence-electron chi connectivity index (χ4n) is 2.73. The topological polar surface area (TPSA) is 73.1 Å². The van der Waals surface area contributed by atoms with Crippen molar-refractivity contribution in [3.63, 3.8) is 0 Å². The number of β-amino-alcohol motifs (C(OH)–C–C–N with tert-alkyl or cyclic N) is 1. The first-order valence-corrected chi connectivity index (χ1v) is 8.35. The molecule has 5 heteroatoms. The second-order valence-corrected chi connectivity index (χ2v) is 5.88. The van der Waals surface area contributed by atoms with E-state index < -0.39 is 12.2 Å². The number of hydrogen-bond donors (Lipinski definition) is 2. The van der Waals surface area contributed by atoms with Gasteiger partial charge in [0.25, 0.3) is 0 Å². The number of aliphatic imine (C=N–C) groups is 1. The zero-order chi connectivity index (χ0) is 15.5. The third kappa shape index (κ3) is 8.05. The number of aliphatic hydroxyl groups is 1. The molecule has 1 heterocycles. The molecule has 0 aliphatic carbocycles. The predicted octanol–water partition coefficient (Wildman–Crippen LogP) is 3.02. The number of aliphatic carboxylic acids is 1. The molecule has 5 nitrogen and oxygen atoms in total. The van der Waals surface area contributed by atoms with E-state index in [1.807, 2.05) is 0 Å². The number of carboxylic acid groups (broad SMARTS) is 1. The number of hydrogen-bond acceptors (Lipinski definition) is 4. The van der Waals surface area contributed by atoms with Gasteiger partial charge in [-0.1, -0.05) is 58.3 Å². The number of carbonyl (C=O) groups is 1. The van der Waals surface area contributed by atoms with Crippen molar-refractivity contribution in [3.05, 3.63) is 0 Å². The van der Waals surface area contributed by atoms with Crippen molar-refractivity contribution in [2.75, 3.05) is 13.1 Å². The average Bonchev–Trinajstić information content (AvgIpc) is 2.76. The van der Waals surface area contributed by atoms with Crippen LogP contribution in [0.1, 0.15) is 71.1 Å². The third-order valence-corrected chi connectivity index (χ3v) is 3.88. The molecular weight excluding hydrogens is 268 g/mol. The lowest BCUT2D eigenvalue weighted by atomic mass is 10.1. The summed E-state index contributed by atoms with van der Waals surface area (Å²) in [6.07, 6.45) is 11.4. The second kappa shape index (κ2) is 10.6. The number of rotatable bonds is 12. The first-order valence-electron chi connectivity index (χ1n) is 8.35. The Morgan fingerprint density at radius 3 is 2.29 bits per heavy atom. The number of nitrogens with zero attached hydrogens (tertiary/aromatic N) is 2. The Balaban J connectivity index is 2.06. The van der Waals surface area contributed by atoms with Gasteiger partial charge in [-0.05, 0) is 6.42 Å². The summed E-state index contributed by atoms with van der Waals surface area (Å²) in [6, 6.07) is 0. The average molecular weight is 298 g/mol. The molecule has 122 valence electrons. The molecule has 1 atom stereocenters. The van der Waals surface area contributed by atoms with Crippen molar-refractivity contribution in [1.29, 1.82) is 0 Å². The van der Waals surface area contributed by atoms with Gasteiger partial charge in [0.15, 0.2) is 6.23 Å². The Hall–Kier alpha value is -1.10. The lowest BCUT2D eigenvalue weighted by Crippen LogP contribution is -2.34. The first-order chi connectivity index (χ1) is 10.1. The van der Waals surface area contributed by atoms with Gasteiger partial charge in [0.2, 0.25) is 0 Å². The minimum atomic E-state index is -0.871. The van der Waals surface area contributed by atoms with E-state index in [9.17, 15) is 9.90 Å². The van der Waals surface area contributed by atoms with Crippen LogP contribution in [-0.4, -0.2) is 46.2 Å². The second-order valence-electron chi connectivity index (χ2n) is 5.88. The maximum absolute atomic E-state index is 10.8. The zero-order valence-corrected chi connectivity index (χ0v) is 13.3.